The van der Waals surface area contributed by atoms with Gasteiger partial charge in [0.25, 0.3) is 0 Å². The van der Waals surface area contributed by atoms with Crippen molar-refractivity contribution in [2.45, 2.75) is 13.5 Å². The summed E-state index contributed by atoms with van der Waals surface area (Å²) >= 11 is 0. The van der Waals surface area contributed by atoms with E-state index in [1.54, 1.807) is 0 Å². The zero-order chi connectivity index (χ0) is 12.1. The number of nitrogens with zero attached hydrogens (tertiary/aromatic N) is 1. The summed E-state index contributed by atoms with van der Waals surface area (Å²) < 4.78 is 10.3. The molecule has 1 heterocycles. The molecule has 0 radical (unpaired) electrons. The molecule has 0 aliphatic carbocycles. The van der Waals surface area contributed by atoms with Gasteiger partial charge in [0.05, 0.1) is 0 Å². The molecule has 0 atom stereocenters. The lowest BCUT2D eigenvalue weighted by Crippen LogP contribution is -2.08. The fourth-order valence-electron chi connectivity index (χ4n) is 1.32. The summed E-state index contributed by atoms with van der Waals surface area (Å²) in [5.74, 6) is 0.568. The van der Waals surface area contributed by atoms with E-state index in [2.05, 4.69) is 10.5 Å². The Hall–Kier alpha value is -2.30. The maximum absolute atomic E-state index is 10.9. The summed E-state index contributed by atoms with van der Waals surface area (Å²) in [5, 5.41) is 6.38. The molecule has 17 heavy (non-hydrogen) atoms. The molecule has 1 amide bonds. The third-order valence-corrected chi connectivity index (χ3v) is 2.07. The lowest BCUT2D eigenvalue weighted by atomic mass is 10.3. The Morgan fingerprint density at radius 2 is 2.18 bits per heavy atom. The van der Waals surface area contributed by atoms with E-state index in [1.807, 2.05) is 30.3 Å². The molecule has 1 aromatic carbocycles. The van der Waals surface area contributed by atoms with Crippen molar-refractivity contribution < 1.29 is 14.1 Å². The van der Waals surface area contributed by atoms with Crippen LogP contribution in [0.5, 0.6) is 5.75 Å². The van der Waals surface area contributed by atoms with Gasteiger partial charge in [-0.3, -0.25) is 4.79 Å². The van der Waals surface area contributed by atoms with E-state index in [0.717, 1.165) is 5.75 Å². The molecule has 5 nitrogen and oxygen atoms in total. The summed E-state index contributed by atoms with van der Waals surface area (Å²) in [4.78, 5) is 10.9. The second-order valence-corrected chi connectivity index (χ2v) is 3.46. The van der Waals surface area contributed by atoms with Crippen molar-refractivity contribution in [1.82, 2.24) is 5.16 Å². The number of anilines is 1. The minimum atomic E-state index is -0.172. The van der Waals surface area contributed by atoms with Crippen LogP contribution in [-0.2, 0) is 11.4 Å². The number of hydrogen-bond donors (Lipinski definition) is 1. The van der Waals surface area contributed by atoms with E-state index in [0.29, 0.717) is 11.4 Å². The van der Waals surface area contributed by atoms with E-state index in [1.165, 1.54) is 13.2 Å². The molecule has 0 aliphatic heterocycles. The normalized spacial score (nSPS) is 9.94. The van der Waals surface area contributed by atoms with Gasteiger partial charge in [-0.25, -0.2) is 0 Å². The van der Waals surface area contributed by atoms with E-state index >= 15 is 0 Å². The number of ether oxygens (including phenoxy) is 1. The average Bonchev–Trinajstić information content (AvgIpc) is 2.74. The summed E-state index contributed by atoms with van der Waals surface area (Å²) in [5.41, 5.74) is 1.09. The molecule has 1 aromatic heterocycles. The molecule has 2 rings (SSSR count). The number of para-hydroxylation sites is 1. The third kappa shape index (κ3) is 3.07. The summed E-state index contributed by atoms with van der Waals surface area (Å²) in [6, 6.07) is 9.36. The van der Waals surface area contributed by atoms with Gasteiger partial charge < -0.3 is 14.6 Å². The molecule has 2 aromatic rings. The predicted octanol–water partition coefficient (Wildman–Crippen LogP) is 2.21. The highest BCUT2D eigenvalue weighted by Crippen LogP contribution is 2.17. The fraction of sp³-hybridized carbons (Fsp3) is 0.167. The van der Waals surface area contributed by atoms with Gasteiger partial charge in [-0.05, 0) is 12.1 Å². The standard InChI is InChI=1S/C12H12N2O3/c1-9(15)13-11-8-17-14-12(11)7-16-10-5-3-2-4-6-10/h2-6,8H,7H2,1H3,(H,13,15). The second-order valence-electron chi connectivity index (χ2n) is 3.46. The van der Waals surface area contributed by atoms with Gasteiger partial charge in [0.2, 0.25) is 5.91 Å². The van der Waals surface area contributed by atoms with Crippen LogP contribution in [0.1, 0.15) is 12.6 Å². The Labute approximate surface area is 98.4 Å². The highest BCUT2D eigenvalue weighted by atomic mass is 16.5. The van der Waals surface area contributed by atoms with Crippen LogP contribution in [0.15, 0.2) is 41.1 Å². The second kappa shape index (κ2) is 5.16. The number of benzene rings is 1. The van der Waals surface area contributed by atoms with Crippen molar-refractivity contribution in [3.05, 3.63) is 42.3 Å². The van der Waals surface area contributed by atoms with Crippen LogP contribution < -0.4 is 10.1 Å². The number of nitrogens with one attached hydrogen (secondary N) is 1. The van der Waals surface area contributed by atoms with Crippen LogP contribution in [-0.4, -0.2) is 11.1 Å². The number of aromatic nitrogens is 1. The number of hydrogen-bond acceptors (Lipinski definition) is 4. The van der Waals surface area contributed by atoms with Crippen LogP contribution in [0.2, 0.25) is 0 Å². The van der Waals surface area contributed by atoms with Crippen molar-refractivity contribution in [3.8, 4) is 5.75 Å². The molecule has 0 unspecified atom stereocenters. The maximum atomic E-state index is 10.9. The fourth-order valence-corrected chi connectivity index (χ4v) is 1.32. The zero-order valence-corrected chi connectivity index (χ0v) is 9.34. The van der Waals surface area contributed by atoms with Crippen LogP contribution in [0.4, 0.5) is 5.69 Å². The molecular weight excluding hydrogens is 220 g/mol. The molecule has 0 bridgehead atoms. The SMILES string of the molecule is CC(=O)Nc1conc1COc1ccccc1. The molecule has 0 spiro atoms. The first-order valence-electron chi connectivity index (χ1n) is 5.14. The minimum Gasteiger partial charge on any atom is -0.487 e. The summed E-state index contributed by atoms with van der Waals surface area (Å²) in [6.45, 7) is 1.67. The number of amides is 1. The average molecular weight is 232 g/mol. The molecule has 0 fully saturated rings. The van der Waals surface area contributed by atoms with E-state index in [-0.39, 0.29) is 12.5 Å². The largest absolute Gasteiger partial charge is 0.487 e. The van der Waals surface area contributed by atoms with Gasteiger partial charge >= 0.3 is 0 Å². The molecule has 0 saturated carbocycles. The van der Waals surface area contributed by atoms with E-state index in [4.69, 9.17) is 9.26 Å². The Bertz CT molecular complexity index is 493. The van der Waals surface area contributed by atoms with E-state index < -0.39 is 0 Å². The van der Waals surface area contributed by atoms with Crippen LogP contribution >= 0.6 is 0 Å². The summed E-state index contributed by atoms with van der Waals surface area (Å²) in [7, 11) is 0. The highest BCUT2D eigenvalue weighted by molar-refractivity contribution is 5.88. The minimum absolute atomic E-state index is 0.172. The summed E-state index contributed by atoms with van der Waals surface area (Å²) in [6.07, 6.45) is 1.38. The van der Waals surface area contributed by atoms with Gasteiger partial charge in [-0.15, -0.1) is 0 Å². The van der Waals surface area contributed by atoms with E-state index in [9.17, 15) is 4.79 Å². The quantitative estimate of drug-likeness (QED) is 0.877. The monoisotopic (exact) mass is 232 g/mol. The van der Waals surface area contributed by atoms with Gasteiger partial charge in [0, 0.05) is 6.92 Å². The number of carbonyl (C=O) groups is 1. The van der Waals surface area contributed by atoms with Crippen molar-refractivity contribution in [1.29, 1.82) is 0 Å². The molecule has 1 N–H and O–H groups in total. The lowest BCUT2D eigenvalue weighted by molar-refractivity contribution is -0.114. The van der Waals surface area contributed by atoms with Gasteiger partial charge in [0.15, 0.2) is 0 Å². The third-order valence-electron chi connectivity index (χ3n) is 2.07. The smallest absolute Gasteiger partial charge is 0.221 e. The Morgan fingerprint density at radius 1 is 1.41 bits per heavy atom. The van der Waals surface area contributed by atoms with Crippen molar-refractivity contribution in [2.24, 2.45) is 0 Å². The Balaban J connectivity index is 2.00. The lowest BCUT2D eigenvalue weighted by Gasteiger charge is -2.04. The number of rotatable bonds is 4. The molecule has 0 aliphatic rings. The first-order chi connectivity index (χ1) is 8.25. The van der Waals surface area contributed by atoms with Crippen LogP contribution in [0.25, 0.3) is 0 Å². The van der Waals surface area contributed by atoms with Crippen LogP contribution in [0, 0.1) is 0 Å². The topological polar surface area (TPSA) is 64.4 Å². The first-order valence-corrected chi connectivity index (χ1v) is 5.14. The maximum Gasteiger partial charge on any atom is 0.221 e. The van der Waals surface area contributed by atoms with Crippen LogP contribution in [0.3, 0.4) is 0 Å². The molecular formula is C12H12N2O3. The Kier molecular flexibility index (Phi) is 3.40. The number of carbonyl (C=O) groups excluding carboxylic acids is 1. The van der Waals surface area contributed by atoms with Crippen molar-refractivity contribution in [3.63, 3.8) is 0 Å². The Morgan fingerprint density at radius 3 is 2.88 bits per heavy atom. The van der Waals surface area contributed by atoms with Crippen molar-refractivity contribution in [2.75, 3.05) is 5.32 Å². The zero-order valence-electron chi connectivity index (χ0n) is 9.34. The van der Waals surface area contributed by atoms with Gasteiger partial charge in [-0.2, -0.15) is 0 Å². The first kappa shape index (κ1) is 11.2. The molecule has 5 heteroatoms. The van der Waals surface area contributed by atoms with Crippen molar-refractivity contribution >= 4 is 11.6 Å². The molecule has 0 saturated heterocycles. The van der Waals surface area contributed by atoms with Gasteiger partial charge in [0.1, 0.15) is 30.0 Å². The molecule has 88 valence electrons. The highest BCUT2D eigenvalue weighted by Gasteiger charge is 2.09. The predicted molar refractivity (Wildman–Crippen MR) is 61.6 cm³/mol. The van der Waals surface area contributed by atoms with Gasteiger partial charge in [-0.1, -0.05) is 23.4 Å².